The van der Waals surface area contributed by atoms with E-state index < -0.39 is 17.8 Å². The Kier molecular flexibility index (Phi) is 6.86. The molecule has 0 radical (unpaired) electrons. The van der Waals surface area contributed by atoms with Gasteiger partial charge in [0, 0.05) is 43.8 Å². The third-order valence-electron chi connectivity index (χ3n) is 7.01. The van der Waals surface area contributed by atoms with Gasteiger partial charge in [0.1, 0.15) is 6.61 Å². The fourth-order valence-corrected chi connectivity index (χ4v) is 5.45. The summed E-state index contributed by atoms with van der Waals surface area (Å²) in [6.45, 7) is 4.16. The minimum atomic E-state index is -4.55. The number of fused-ring (bicyclic) bond motifs is 2. The first kappa shape index (κ1) is 24.9. The van der Waals surface area contributed by atoms with E-state index in [-0.39, 0.29) is 29.6 Å². The molecule has 4 heterocycles. The van der Waals surface area contributed by atoms with Crippen LogP contribution in [-0.4, -0.2) is 75.2 Å². The van der Waals surface area contributed by atoms with E-state index in [1.807, 2.05) is 4.90 Å². The molecule has 1 atom stereocenters. The van der Waals surface area contributed by atoms with Crippen molar-refractivity contribution in [2.75, 3.05) is 32.7 Å². The van der Waals surface area contributed by atoms with Crippen LogP contribution in [0.5, 0.6) is 0 Å². The summed E-state index contributed by atoms with van der Waals surface area (Å²) in [5.41, 5.74) is 0.337. The van der Waals surface area contributed by atoms with Crippen molar-refractivity contribution in [1.82, 2.24) is 24.5 Å². The van der Waals surface area contributed by atoms with Crippen molar-refractivity contribution < 1.29 is 27.5 Å². The Morgan fingerprint density at radius 3 is 2.67 bits per heavy atom. The van der Waals surface area contributed by atoms with Crippen LogP contribution in [0.4, 0.5) is 18.0 Å². The number of carbonyl (C=O) groups is 2. The van der Waals surface area contributed by atoms with Gasteiger partial charge in [0.05, 0.1) is 17.8 Å². The second-order valence-electron chi connectivity index (χ2n) is 9.50. The summed E-state index contributed by atoms with van der Waals surface area (Å²) in [5.74, 6) is -0.0994. The highest BCUT2D eigenvalue weighted by Crippen LogP contribution is 2.32. The maximum Gasteiger partial charge on any atom is 0.416 e. The summed E-state index contributed by atoms with van der Waals surface area (Å²) in [7, 11) is 0. The molecule has 0 saturated carbocycles. The van der Waals surface area contributed by atoms with E-state index in [1.54, 1.807) is 10.7 Å². The predicted octanol–water partition coefficient (Wildman–Crippen LogP) is 4.02. The topological polar surface area (TPSA) is 70.9 Å². The Hall–Kier alpha value is -2.79. The van der Waals surface area contributed by atoms with Crippen molar-refractivity contribution in [3.8, 4) is 0 Å². The Balaban J connectivity index is 1.22. The number of carbonyl (C=O) groups excluding carboxylic acids is 2. The number of hydrogen-bond acceptors (Lipinski definition) is 5. The molecule has 194 valence electrons. The lowest BCUT2D eigenvalue weighted by Crippen LogP contribution is -2.52. The number of aromatic nitrogens is 2. The maximum absolute atomic E-state index is 13.1. The van der Waals surface area contributed by atoms with Gasteiger partial charge >= 0.3 is 12.3 Å². The van der Waals surface area contributed by atoms with Crippen LogP contribution in [0.3, 0.4) is 0 Å². The average Bonchev–Trinajstić information content (AvgIpc) is 3.42. The van der Waals surface area contributed by atoms with E-state index in [9.17, 15) is 22.8 Å². The monoisotopic (exact) mass is 525 g/mol. The van der Waals surface area contributed by atoms with Gasteiger partial charge in [0.15, 0.2) is 5.69 Å². The number of rotatable bonds is 3. The summed E-state index contributed by atoms with van der Waals surface area (Å²) < 4.78 is 46.2. The van der Waals surface area contributed by atoms with Gasteiger partial charge in [0.25, 0.3) is 5.91 Å². The van der Waals surface area contributed by atoms with Gasteiger partial charge in [-0.1, -0.05) is 11.6 Å². The van der Waals surface area contributed by atoms with E-state index in [0.29, 0.717) is 44.3 Å². The molecule has 0 spiro atoms. The van der Waals surface area contributed by atoms with Crippen LogP contribution in [-0.2, 0) is 30.6 Å². The molecule has 3 aliphatic heterocycles. The fourth-order valence-electron chi connectivity index (χ4n) is 5.19. The Bertz CT molecular complexity index is 1150. The number of alkyl halides is 3. The molecule has 36 heavy (non-hydrogen) atoms. The number of nitrogens with zero attached hydrogens (tertiary/aromatic N) is 5. The van der Waals surface area contributed by atoms with Gasteiger partial charge in [-0.2, -0.15) is 18.3 Å². The first-order valence-corrected chi connectivity index (χ1v) is 12.4. The molecule has 2 saturated heterocycles. The molecule has 2 aromatic rings. The quantitative estimate of drug-likeness (QED) is 0.605. The molecular formula is C24H27ClF3N5O3. The molecule has 5 rings (SSSR count). The van der Waals surface area contributed by atoms with Crippen molar-refractivity contribution >= 4 is 23.6 Å². The van der Waals surface area contributed by atoms with Gasteiger partial charge in [-0.15, -0.1) is 0 Å². The molecule has 8 nitrogen and oxygen atoms in total. The van der Waals surface area contributed by atoms with E-state index in [2.05, 4.69) is 10.00 Å². The first-order valence-electron chi connectivity index (χ1n) is 12.1. The molecule has 1 aromatic heterocycles. The Morgan fingerprint density at radius 2 is 1.86 bits per heavy atom. The van der Waals surface area contributed by atoms with Crippen LogP contribution in [0.2, 0.25) is 5.02 Å². The van der Waals surface area contributed by atoms with Crippen LogP contribution in [0, 0.1) is 0 Å². The molecular weight excluding hydrogens is 499 g/mol. The summed E-state index contributed by atoms with van der Waals surface area (Å²) in [6.07, 6.45) is -2.32. The predicted molar refractivity (Wildman–Crippen MR) is 124 cm³/mol. The third-order valence-corrected chi connectivity index (χ3v) is 7.23. The SMILES string of the molecule is O=C(OCc1cc(Cl)cc(C(F)(F)F)c1)N1CCCn2nc(C(=O)N3CCN4CCC[C@@H]4C3)cc2C1. The number of halogens is 4. The van der Waals surface area contributed by atoms with Gasteiger partial charge in [-0.3, -0.25) is 14.4 Å². The molecule has 2 fully saturated rings. The van der Waals surface area contributed by atoms with Crippen LogP contribution in [0.25, 0.3) is 0 Å². The highest BCUT2D eigenvalue weighted by Gasteiger charge is 2.34. The average molecular weight is 526 g/mol. The molecule has 0 bridgehead atoms. The summed E-state index contributed by atoms with van der Waals surface area (Å²) in [6, 6.07) is 5.22. The van der Waals surface area contributed by atoms with Crippen molar-refractivity contribution in [3.05, 3.63) is 51.8 Å². The van der Waals surface area contributed by atoms with Gasteiger partial charge in [-0.05, 0) is 55.6 Å². The number of benzene rings is 1. The van der Waals surface area contributed by atoms with Crippen molar-refractivity contribution in [1.29, 1.82) is 0 Å². The lowest BCUT2D eigenvalue weighted by molar-refractivity contribution is -0.137. The smallest absolute Gasteiger partial charge is 0.416 e. The van der Waals surface area contributed by atoms with Crippen LogP contribution in [0.15, 0.2) is 24.3 Å². The lowest BCUT2D eigenvalue weighted by atomic mass is 10.1. The number of aryl methyl sites for hydroxylation is 1. The van der Waals surface area contributed by atoms with E-state index in [1.165, 1.54) is 11.0 Å². The number of ether oxygens (including phenoxy) is 1. The standard InChI is InChI=1S/C24H27ClF3N5O3/c25-18-10-16(9-17(11-18)24(26,27)28)15-36-23(35)32-5-2-6-33-20(14-32)12-21(29-33)22(34)31-8-7-30-4-1-3-19(30)13-31/h9-12,19H,1-8,13-15H2/t19-/m1/s1. The maximum atomic E-state index is 13.1. The van der Waals surface area contributed by atoms with Gasteiger partial charge < -0.3 is 14.5 Å². The van der Waals surface area contributed by atoms with E-state index in [0.717, 1.165) is 43.8 Å². The Morgan fingerprint density at radius 1 is 1.03 bits per heavy atom. The molecule has 0 N–H and O–H groups in total. The van der Waals surface area contributed by atoms with Gasteiger partial charge in [-0.25, -0.2) is 4.79 Å². The van der Waals surface area contributed by atoms with Gasteiger partial charge in [0.2, 0.25) is 0 Å². The molecule has 2 amide bonds. The summed E-state index contributed by atoms with van der Waals surface area (Å²) in [5, 5.41) is 4.43. The van der Waals surface area contributed by atoms with Crippen LogP contribution in [0.1, 0.15) is 46.6 Å². The van der Waals surface area contributed by atoms with Crippen LogP contribution < -0.4 is 0 Å². The fraction of sp³-hybridized carbons (Fsp3) is 0.542. The zero-order valence-electron chi connectivity index (χ0n) is 19.6. The summed E-state index contributed by atoms with van der Waals surface area (Å²) in [4.78, 5) is 31.6. The highest BCUT2D eigenvalue weighted by molar-refractivity contribution is 6.30. The number of piperazine rings is 1. The second-order valence-corrected chi connectivity index (χ2v) is 9.94. The Labute approximate surface area is 211 Å². The van der Waals surface area contributed by atoms with E-state index >= 15 is 0 Å². The minimum Gasteiger partial charge on any atom is -0.445 e. The highest BCUT2D eigenvalue weighted by atomic mass is 35.5. The van der Waals surface area contributed by atoms with Crippen molar-refractivity contribution in [2.45, 2.75) is 51.2 Å². The minimum absolute atomic E-state index is 0.0823. The second kappa shape index (κ2) is 9.93. The van der Waals surface area contributed by atoms with E-state index in [4.69, 9.17) is 16.3 Å². The largest absolute Gasteiger partial charge is 0.445 e. The molecule has 3 aliphatic rings. The third kappa shape index (κ3) is 5.31. The normalized spacial score (nSPS) is 20.6. The number of hydrogen-bond donors (Lipinski definition) is 0. The molecule has 1 aromatic carbocycles. The lowest BCUT2D eigenvalue weighted by Gasteiger charge is -2.37. The molecule has 12 heteroatoms. The summed E-state index contributed by atoms with van der Waals surface area (Å²) >= 11 is 5.81. The zero-order chi connectivity index (χ0) is 25.4. The first-order chi connectivity index (χ1) is 17.2. The zero-order valence-corrected chi connectivity index (χ0v) is 20.4. The number of amides is 2. The van der Waals surface area contributed by atoms with Crippen molar-refractivity contribution in [3.63, 3.8) is 0 Å². The molecule has 0 aliphatic carbocycles. The van der Waals surface area contributed by atoms with Crippen LogP contribution >= 0.6 is 11.6 Å². The van der Waals surface area contributed by atoms with Crippen molar-refractivity contribution in [2.24, 2.45) is 0 Å². The molecule has 0 unspecified atom stereocenters.